The van der Waals surface area contributed by atoms with Crippen LogP contribution in [0.15, 0.2) is 47.4 Å². The number of benzene rings is 1. The minimum absolute atomic E-state index is 0.0000373. The maximum absolute atomic E-state index is 13.0. The molecule has 1 aromatic carbocycles. The van der Waals surface area contributed by atoms with Gasteiger partial charge in [0.05, 0.1) is 29.0 Å². The highest BCUT2D eigenvalue weighted by atomic mass is 16.1. The number of aromatic nitrogens is 4. The molecule has 0 spiro atoms. The van der Waals surface area contributed by atoms with E-state index in [1.54, 1.807) is 4.57 Å². The predicted molar refractivity (Wildman–Crippen MR) is 105 cm³/mol. The number of rotatable bonds is 2. The van der Waals surface area contributed by atoms with Crippen molar-refractivity contribution in [3.05, 3.63) is 70.0 Å². The number of para-hydroxylation sites is 1. The molecule has 0 saturated carbocycles. The van der Waals surface area contributed by atoms with E-state index in [1.807, 2.05) is 48.1 Å². The third-order valence-electron chi connectivity index (χ3n) is 5.01. The average Bonchev–Trinajstić information content (AvgIpc) is 3.08. The molecule has 134 valence electrons. The van der Waals surface area contributed by atoms with Gasteiger partial charge in [-0.15, -0.1) is 0 Å². The van der Waals surface area contributed by atoms with Crippen LogP contribution in [0.5, 0.6) is 0 Å². The fourth-order valence-corrected chi connectivity index (χ4v) is 3.74. The summed E-state index contributed by atoms with van der Waals surface area (Å²) >= 11 is 0. The van der Waals surface area contributed by atoms with E-state index in [0.29, 0.717) is 6.54 Å². The molecule has 0 saturated heterocycles. The van der Waals surface area contributed by atoms with Crippen LogP contribution in [0.25, 0.3) is 16.7 Å². The number of hydrogen-bond donors (Lipinski definition) is 0. The number of nitrogens with zero attached hydrogens (tertiary/aromatic N) is 4. The molecule has 3 aromatic heterocycles. The van der Waals surface area contributed by atoms with Crippen molar-refractivity contribution in [1.29, 1.82) is 0 Å². The fraction of sp³-hybridized carbons (Fsp3) is 0.333. The second-order valence-electron chi connectivity index (χ2n) is 7.96. The number of fused-ring (bicyclic) bond motifs is 2. The molecule has 5 heteroatoms. The molecule has 0 N–H and O–H groups in total. The second-order valence-corrected chi connectivity index (χ2v) is 7.96. The number of aryl methyl sites for hydroxylation is 2. The second kappa shape index (κ2) is 5.59. The van der Waals surface area contributed by atoms with Crippen molar-refractivity contribution >= 4 is 16.7 Å². The summed E-state index contributed by atoms with van der Waals surface area (Å²) in [4.78, 5) is 17.8. The third-order valence-corrected chi connectivity index (χ3v) is 5.01. The Morgan fingerprint density at radius 3 is 2.58 bits per heavy atom. The molecule has 4 rings (SSSR count). The van der Waals surface area contributed by atoms with Gasteiger partial charge in [0.15, 0.2) is 0 Å². The van der Waals surface area contributed by atoms with E-state index in [1.165, 1.54) is 0 Å². The largest absolute Gasteiger partial charge is 0.329 e. The van der Waals surface area contributed by atoms with E-state index in [9.17, 15) is 4.79 Å². The van der Waals surface area contributed by atoms with Gasteiger partial charge in [0.1, 0.15) is 5.65 Å². The lowest BCUT2D eigenvalue weighted by Gasteiger charge is -2.18. The third kappa shape index (κ3) is 2.38. The summed E-state index contributed by atoms with van der Waals surface area (Å²) in [5, 5.41) is 0. The molecule has 26 heavy (non-hydrogen) atoms. The van der Waals surface area contributed by atoms with Gasteiger partial charge in [0.25, 0.3) is 0 Å². The highest BCUT2D eigenvalue weighted by Crippen LogP contribution is 2.28. The first-order valence-electron chi connectivity index (χ1n) is 8.90. The summed E-state index contributed by atoms with van der Waals surface area (Å²) in [7, 11) is 1.83. The lowest BCUT2D eigenvalue weighted by Crippen LogP contribution is -2.25. The predicted octanol–water partition coefficient (Wildman–Crippen LogP) is 3.64. The zero-order valence-corrected chi connectivity index (χ0v) is 15.9. The Bertz CT molecular complexity index is 1180. The molecule has 0 atom stereocenters. The Balaban J connectivity index is 2.02. The molecule has 5 nitrogen and oxygen atoms in total. The van der Waals surface area contributed by atoms with Crippen LogP contribution in [0.4, 0.5) is 0 Å². The molecule has 0 aliphatic heterocycles. The zero-order chi connectivity index (χ0) is 18.6. The first kappa shape index (κ1) is 16.6. The topological polar surface area (TPSA) is 44.2 Å². The zero-order valence-electron chi connectivity index (χ0n) is 15.9. The molecule has 4 aromatic rings. The molecule has 0 unspecified atom stereocenters. The summed E-state index contributed by atoms with van der Waals surface area (Å²) in [5.74, 6) is 0. The van der Waals surface area contributed by atoms with Gasteiger partial charge in [0.2, 0.25) is 0 Å². The molecular formula is C21H24N4O. The van der Waals surface area contributed by atoms with Gasteiger partial charge >= 0.3 is 5.69 Å². The van der Waals surface area contributed by atoms with E-state index in [0.717, 1.165) is 33.6 Å². The van der Waals surface area contributed by atoms with E-state index < -0.39 is 0 Å². The van der Waals surface area contributed by atoms with Crippen molar-refractivity contribution < 1.29 is 0 Å². The first-order chi connectivity index (χ1) is 12.3. The molecule has 0 aliphatic carbocycles. The van der Waals surface area contributed by atoms with Gasteiger partial charge < -0.3 is 4.40 Å². The number of imidazole rings is 2. The Morgan fingerprint density at radius 2 is 1.85 bits per heavy atom. The maximum atomic E-state index is 13.0. The van der Waals surface area contributed by atoms with Gasteiger partial charge in [-0.2, -0.15) is 0 Å². The molecule has 3 heterocycles. The highest BCUT2D eigenvalue weighted by Gasteiger charge is 2.25. The lowest BCUT2D eigenvalue weighted by molar-refractivity contribution is 0.558. The van der Waals surface area contributed by atoms with Crippen LogP contribution in [0, 0.1) is 6.92 Å². The van der Waals surface area contributed by atoms with Gasteiger partial charge in [-0.25, -0.2) is 9.78 Å². The normalized spacial score (nSPS) is 12.3. The molecular weight excluding hydrogens is 324 g/mol. The molecule has 0 bridgehead atoms. The van der Waals surface area contributed by atoms with Gasteiger partial charge in [-0.1, -0.05) is 39.0 Å². The van der Waals surface area contributed by atoms with Crippen molar-refractivity contribution in [3.8, 4) is 0 Å². The Labute approximate surface area is 152 Å². The van der Waals surface area contributed by atoms with Crippen LogP contribution < -0.4 is 5.69 Å². The molecule has 0 amide bonds. The number of hydrogen-bond acceptors (Lipinski definition) is 2. The van der Waals surface area contributed by atoms with Crippen LogP contribution in [-0.2, 0) is 19.0 Å². The summed E-state index contributed by atoms with van der Waals surface area (Å²) < 4.78 is 5.70. The quantitative estimate of drug-likeness (QED) is 0.555. The highest BCUT2D eigenvalue weighted by molar-refractivity contribution is 5.79. The van der Waals surface area contributed by atoms with Crippen LogP contribution in [0.3, 0.4) is 0 Å². The summed E-state index contributed by atoms with van der Waals surface area (Å²) in [6.07, 6.45) is 2.02. The van der Waals surface area contributed by atoms with Crippen molar-refractivity contribution in [1.82, 2.24) is 18.5 Å². The van der Waals surface area contributed by atoms with E-state index in [-0.39, 0.29) is 11.1 Å². The molecule has 0 radical (unpaired) electrons. The van der Waals surface area contributed by atoms with Gasteiger partial charge in [-0.3, -0.25) is 9.13 Å². The maximum Gasteiger partial charge on any atom is 0.329 e. The summed E-state index contributed by atoms with van der Waals surface area (Å²) in [6.45, 7) is 9.04. The van der Waals surface area contributed by atoms with Crippen LogP contribution in [0.1, 0.15) is 37.7 Å². The Kier molecular flexibility index (Phi) is 3.58. The fourth-order valence-electron chi connectivity index (χ4n) is 3.74. The molecule has 0 fully saturated rings. The SMILES string of the molecule is Cc1cccc2c1n(Cc1c(C(C)(C)C)nc3ccccn13)c(=O)n2C. The monoisotopic (exact) mass is 348 g/mol. The minimum atomic E-state index is -0.107. The smallest absolute Gasteiger partial charge is 0.302 e. The van der Waals surface area contributed by atoms with Crippen molar-refractivity contribution in [2.24, 2.45) is 7.05 Å². The Morgan fingerprint density at radius 1 is 1.08 bits per heavy atom. The van der Waals surface area contributed by atoms with Crippen LogP contribution in [-0.4, -0.2) is 18.5 Å². The van der Waals surface area contributed by atoms with Crippen LogP contribution >= 0.6 is 0 Å². The summed E-state index contributed by atoms with van der Waals surface area (Å²) in [6, 6.07) is 12.1. The van der Waals surface area contributed by atoms with E-state index >= 15 is 0 Å². The minimum Gasteiger partial charge on any atom is -0.302 e. The van der Waals surface area contributed by atoms with E-state index in [4.69, 9.17) is 4.98 Å². The summed E-state index contributed by atoms with van der Waals surface area (Å²) in [5.41, 5.74) is 5.95. The average molecular weight is 348 g/mol. The Hall–Kier alpha value is -2.82. The van der Waals surface area contributed by atoms with Gasteiger partial charge in [0, 0.05) is 18.7 Å². The van der Waals surface area contributed by atoms with Crippen molar-refractivity contribution in [2.45, 2.75) is 39.7 Å². The molecule has 0 aliphatic rings. The van der Waals surface area contributed by atoms with Crippen molar-refractivity contribution in [3.63, 3.8) is 0 Å². The first-order valence-corrected chi connectivity index (χ1v) is 8.90. The number of pyridine rings is 1. The lowest BCUT2D eigenvalue weighted by atomic mass is 9.90. The van der Waals surface area contributed by atoms with Gasteiger partial charge in [-0.05, 0) is 30.7 Å². The van der Waals surface area contributed by atoms with Crippen LogP contribution in [0.2, 0.25) is 0 Å². The van der Waals surface area contributed by atoms with Crippen molar-refractivity contribution in [2.75, 3.05) is 0 Å². The van der Waals surface area contributed by atoms with E-state index in [2.05, 4.69) is 38.2 Å². The standard InChI is InChI=1S/C21H24N4O/c1-14-9-8-10-15-18(14)25(20(26)23(15)5)13-16-19(21(2,3)4)22-17-11-6-7-12-24(16)17/h6-12H,13H2,1-5H3.